The van der Waals surface area contributed by atoms with Crippen LogP contribution in [-0.4, -0.2) is 36.3 Å². The van der Waals surface area contributed by atoms with E-state index in [9.17, 15) is 14.7 Å². The zero-order valence-electron chi connectivity index (χ0n) is 12.1. The third-order valence-corrected chi connectivity index (χ3v) is 3.12. The van der Waals surface area contributed by atoms with Gasteiger partial charge in [0.05, 0.1) is 18.4 Å². The molecule has 0 aliphatic rings. The van der Waals surface area contributed by atoms with Gasteiger partial charge in [-0.05, 0) is 17.7 Å². The topological polar surface area (TPSA) is 98.4 Å². The van der Waals surface area contributed by atoms with Crippen LogP contribution >= 0.6 is 0 Å². The number of ether oxygens (including phenoxy) is 1. The van der Waals surface area contributed by atoms with Gasteiger partial charge in [-0.1, -0.05) is 6.07 Å². The smallest absolute Gasteiger partial charge is 0.328 e. The monoisotopic (exact) mass is 291 g/mol. The largest absolute Gasteiger partial charge is 0.495 e. The van der Waals surface area contributed by atoms with Crippen LogP contribution in [0.5, 0.6) is 11.6 Å². The molecule has 0 aliphatic carbocycles. The Morgan fingerprint density at radius 1 is 1.24 bits per heavy atom. The van der Waals surface area contributed by atoms with E-state index in [-0.39, 0.29) is 12.0 Å². The molecule has 7 nitrogen and oxygen atoms in total. The first-order valence-electron chi connectivity index (χ1n) is 6.31. The van der Waals surface area contributed by atoms with E-state index >= 15 is 0 Å². The van der Waals surface area contributed by atoms with E-state index in [2.05, 4.69) is 9.97 Å². The van der Waals surface area contributed by atoms with Crippen molar-refractivity contribution in [2.24, 2.45) is 0 Å². The van der Waals surface area contributed by atoms with Gasteiger partial charge in [-0.15, -0.1) is 0 Å². The Kier molecular flexibility index (Phi) is 4.02. The minimum absolute atomic E-state index is 0.115. The van der Waals surface area contributed by atoms with Crippen LogP contribution in [0.4, 0.5) is 5.69 Å². The van der Waals surface area contributed by atoms with Crippen LogP contribution in [-0.2, 0) is 6.42 Å². The summed E-state index contributed by atoms with van der Waals surface area (Å²) in [7, 11) is 5.35. The third kappa shape index (κ3) is 3.07. The van der Waals surface area contributed by atoms with Gasteiger partial charge in [-0.25, -0.2) is 4.79 Å². The van der Waals surface area contributed by atoms with Crippen molar-refractivity contribution in [3.63, 3.8) is 0 Å². The number of aromatic hydroxyl groups is 1. The second-order valence-corrected chi connectivity index (χ2v) is 4.81. The number of aromatic amines is 2. The fourth-order valence-electron chi connectivity index (χ4n) is 2.06. The molecular formula is C14H17N3O4. The molecule has 0 radical (unpaired) electrons. The molecule has 1 aromatic carbocycles. The molecule has 21 heavy (non-hydrogen) atoms. The van der Waals surface area contributed by atoms with Crippen LogP contribution in [0, 0.1) is 0 Å². The van der Waals surface area contributed by atoms with Crippen molar-refractivity contribution in [2.45, 2.75) is 6.42 Å². The molecule has 0 bridgehead atoms. The number of H-pyrrole nitrogens is 2. The van der Waals surface area contributed by atoms with Gasteiger partial charge in [0.1, 0.15) is 5.75 Å². The summed E-state index contributed by atoms with van der Waals surface area (Å²) in [5.74, 6) is 0.300. The number of aromatic nitrogens is 2. The number of anilines is 1. The summed E-state index contributed by atoms with van der Waals surface area (Å²) in [6.07, 6.45) is 0.197. The maximum absolute atomic E-state index is 11.7. The molecule has 2 rings (SSSR count). The molecule has 0 atom stereocenters. The first kappa shape index (κ1) is 14.7. The quantitative estimate of drug-likeness (QED) is 0.759. The molecule has 7 heteroatoms. The highest BCUT2D eigenvalue weighted by Crippen LogP contribution is 2.28. The van der Waals surface area contributed by atoms with Crippen LogP contribution in [0.3, 0.4) is 0 Å². The number of benzene rings is 1. The van der Waals surface area contributed by atoms with E-state index in [1.165, 1.54) is 0 Å². The standard InChI is InChI=1S/C14H17N3O4/c1-17(2)10-7-8(4-5-11(10)21-3)6-9-12(18)15-14(20)16-13(9)19/h4-5,7H,6H2,1-3H3,(H3,15,16,18,19,20). The van der Waals surface area contributed by atoms with Crippen molar-refractivity contribution < 1.29 is 9.84 Å². The molecular weight excluding hydrogens is 274 g/mol. The molecule has 0 fully saturated rings. The lowest BCUT2D eigenvalue weighted by Crippen LogP contribution is -2.25. The zero-order chi connectivity index (χ0) is 15.6. The Hall–Kier alpha value is -2.70. The minimum atomic E-state index is -0.732. The first-order valence-corrected chi connectivity index (χ1v) is 6.31. The Morgan fingerprint density at radius 2 is 1.95 bits per heavy atom. The van der Waals surface area contributed by atoms with Gasteiger partial charge in [0.25, 0.3) is 5.56 Å². The summed E-state index contributed by atoms with van der Waals surface area (Å²) in [4.78, 5) is 28.9. The van der Waals surface area contributed by atoms with Crippen molar-refractivity contribution >= 4 is 5.69 Å². The SMILES string of the molecule is COc1ccc(Cc2c(O)[nH]c(=O)[nH]c2=O)cc1N(C)C. The Labute approximate surface area is 120 Å². The predicted molar refractivity (Wildman–Crippen MR) is 79.5 cm³/mol. The van der Waals surface area contributed by atoms with Crippen LogP contribution in [0.15, 0.2) is 27.8 Å². The van der Waals surface area contributed by atoms with Gasteiger partial charge in [-0.2, -0.15) is 0 Å². The summed E-state index contributed by atoms with van der Waals surface area (Å²) < 4.78 is 5.27. The number of methoxy groups -OCH3 is 1. The molecule has 0 spiro atoms. The van der Waals surface area contributed by atoms with Crippen LogP contribution in [0.25, 0.3) is 0 Å². The number of nitrogens with zero attached hydrogens (tertiary/aromatic N) is 1. The highest BCUT2D eigenvalue weighted by molar-refractivity contribution is 5.59. The molecule has 2 aromatic rings. The van der Waals surface area contributed by atoms with Crippen molar-refractivity contribution in [3.8, 4) is 11.6 Å². The second-order valence-electron chi connectivity index (χ2n) is 4.81. The number of hydrogen-bond donors (Lipinski definition) is 3. The van der Waals surface area contributed by atoms with Crippen molar-refractivity contribution in [3.05, 3.63) is 50.2 Å². The molecule has 3 N–H and O–H groups in total. The first-order chi connectivity index (χ1) is 9.92. The van der Waals surface area contributed by atoms with Crippen LogP contribution in [0.2, 0.25) is 0 Å². The minimum Gasteiger partial charge on any atom is -0.495 e. The fraction of sp³-hybridized carbons (Fsp3) is 0.286. The molecule has 0 saturated heterocycles. The fourth-order valence-corrected chi connectivity index (χ4v) is 2.06. The summed E-state index contributed by atoms with van der Waals surface area (Å²) in [5, 5.41) is 9.70. The van der Waals surface area contributed by atoms with Gasteiger partial charge in [0, 0.05) is 20.5 Å². The number of hydrogen-bond acceptors (Lipinski definition) is 5. The normalized spacial score (nSPS) is 10.4. The zero-order valence-corrected chi connectivity index (χ0v) is 12.1. The van der Waals surface area contributed by atoms with Gasteiger partial charge in [-0.3, -0.25) is 14.8 Å². The van der Waals surface area contributed by atoms with Crippen LogP contribution < -0.4 is 20.9 Å². The summed E-state index contributed by atoms with van der Waals surface area (Å²) >= 11 is 0. The van der Waals surface area contributed by atoms with E-state index < -0.39 is 17.1 Å². The maximum atomic E-state index is 11.7. The molecule has 1 aromatic heterocycles. The molecule has 0 aliphatic heterocycles. The van der Waals surface area contributed by atoms with E-state index in [1.807, 2.05) is 25.1 Å². The molecule has 0 unspecified atom stereocenters. The summed E-state index contributed by atoms with van der Waals surface area (Å²) in [6.45, 7) is 0. The molecule has 0 amide bonds. The van der Waals surface area contributed by atoms with Crippen molar-refractivity contribution in [1.29, 1.82) is 0 Å². The third-order valence-electron chi connectivity index (χ3n) is 3.12. The predicted octanol–water partition coefficient (Wildman–Crippen LogP) is 0.434. The average Bonchev–Trinajstić information content (AvgIpc) is 2.42. The summed E-state index contributed by atoms with van der Waals surface area (Å²) in [6, 6.07) is 5.46. The molecule has 1 heterocycles. The molecule has 0 saturated carbocycles. The van der Waals surface area contributed by atoms with E-state index in [4.69, 9.17) is 4.74 Å². The lowest BCUT2D eigenvalue weighted by atomic mass is 10.1. The summed E-state index contributed by atoms with van der Waals surface area (Å²) in [5.41, 5.74) is 0.454. The Bertz CT molecular complexity index is 762. The van der Waals surface area contributed by atoms with Crippen LogP contribution in [0.1, 0.15) is 11.1 Å². The maximum Gasteiger partial charge on any atom is 0.328 e. The Balaban J connectivity index is 2.43. The number of nitrogens with one attached hydrogen (secondary N) is 2. The number of rotatable bonds is 4. The van der Waals surface area contributed by atoms with Gasteiger partial charge >= 0.3 is 5.69 Å². The van der Waals surface area contributed by atoms with Gasteiger partial charge < -0.3 is 14.7 Å². The lowest BCUT2D eigenvalue weighted by Gasteiger charge is -2.17. The van der Waals surface area contributed by atoms with E-state index in [0.29, 0.717) is 5.75 Å². The van der Waals surface area contributed by atoms with Crippen molar-refractivity contribution in [2.75, 3.05) is 26.1 Å². The van der Waals surface area contributed by atoms with E-state index in [1.54, 1.807) is 19.2 Å². The highest BCUT2D eigenvalue weighted by atomic mass is 16.5. The van der Waals surface area contributed by atoms with E-state index in [0.717, 1.165) is 11.3 Å². The van der Waals surface area contributed by atoms with Crippen molar-refractivity contribution in [1.82, 2.24) is 9.97 Å². The average molecular weight is 291 g/mol. The lowest BCUT2D eigenvalue weighted by molar-refractivity contribution is 0.415. The van der Waals surface area contributed by atoms with Gasteiger partial charge in [0.15, 0.2) is 0 Å². The Morgan fingerprint density at radius 3 is 2.52 bits per heavy atom. The van der Waals surface area contributed by atoms with Gasteiger partial charge in [0.2, 0.25) is 5.88 Å². The second kappa shape index (κ2) is 5.74. The highest BCUT2D eigenvalue weighted by Gasteiger charge is 2.12. The molecule has 112 valence electrons.